The Bertz CT molecular complexity index is 790. The van der Waals surface area contributed by atoms with Gasteiger partial charge in [0, 0.05) is 5.56 Å². The van der Waals surface area contributed by atoms with Crippen LogP contribution in [0.3, 0.4) is 0 Å². The number of carbonyl (C=O) groups excluding carboxylic acids is 1. The third-order valence-corrected chi connectivity index (χ3v) is 5.98. The molecular formula is C25H36LiOP. The molecule has 2 aromatic carbocycles. The Morgan fingerprint density at radius 2 is 1.18 bits per heavy atom. The summed E-state index contributed by atoms with van der Waals surface area (Å²) in [6.07, 6.45) is 0. The number of benzene rings is 2. The summed E-state index contributed by atoms with van der Waals surface area (Å²) in [4.78, 5) is 13.5. The summed E-state index contributed by atoms with van der Waals surface area (Å²) in [5.41, 5.74) is 4.70. The average Bonchev–Trinajstić information content (AvgIpc) is 2.52. The maximum atomic E-state index is 13.5. The van der Waals surface area contributed by atoms with E-state index in [1.165, 1.54) is 16.7 Å². The van der Waals surface area contributed by atoms with Gasteiger partial charge in [0.25, 0.3) is 0 Å². The van der Waals surface area contributed by atoms with Crippen molar-refractivity contribution in [3.8, 4) is 0 Å². The van der Waals surface area contributed by atoms with Crippen molar-refractivity contribution in [3.05, 3.63) is 64.7 Å². The van der Waals surface area contributed by atoms with Crippen LogP contribution in [-0.2, 0) is 16.2 Å². The molecule has 28 heavy (non-hydrogen) atoms. The van der Waals surface area contributed by atoms with E-state index in [4.69, 9.17) is 0 Å². The number of hydrogen-bond donors (Lipinski definition) is 0. The monoisotopic (exact) mass is 390 g/mol. The maximum Gasteiger partial charge on any atom is 1.00 e. The van der Waals surface area contributed by atoms with Crippen molar-refractivity contribution < 1.29 is 25.1 Å². The smallest absolute Gasteiger partial charge is 1.00 e. The van der Waals surface area contributed by atoms with E-state index in [1.54, 1.807) is 0 Å². The molecule has 1 atom stereocenters. The summed E-state index contributed by atoms with van der Waals surface area (Å²) >= 11 is 0. The largest absolute Gasteiger partial charge is 1.00 e. The van der Waals surface area contributed by atoms with Crippen molar-refractivity contribution in [1.82, 2.24) is 0 Å². The number of hydrogen-bond acceptors (Lipinski definition) is 1. The molecule has 0 aliphatic heterocycles. The molecule has 3 heteroatoms. The van der Waals surface area contributed by atoms with Gasteiger partial charge in [0.05, 0.1) is 0 Å². The van der Waals surface area contributed by atoms with Gasteiger partial charge in [-0.2, -0.15) is 0 Å². The van der Waals surface area contributed by atoms with Gasteiger partial charge < -0.3 is 1.43 Å². The van der Waals surface area contributed by atoms with Crippen molar-refractivity contribution in [1.29, 1.82) is 0 Å². The standard InChI is InChI=1S/C25H35OP.Li.H/c1-23(2,3)17-15-19(24(4,5)6)21(20(16-17)25(7,8)9)22(26)27-18-13-11-10-12-14-18;;/h10-16,27H,1-9H3;;/q;+1;-1. The van der Waals surface area contributed by atoms with Gasteiger partial charge in [0.1, 0.15) is 0 Å². The van der Waals surface area contributed by atoms with E-state index in [0.717, 1.165) is 10.9 Å². The Hall–Kier alpha value is -0.863. The Kier molecular flexibility index (Phi) is 7.98. The minimum Gasteiger partial charge on any atom is -1.00 e. The number of carbonyl (C=O) groups is 1. The molecule has 0 aromatic heterocycles. The molecule has 0 aliphatic rings. The molecular weight excluding hydrogens is 354 g/mol. The molecule has 0 radical (unpaired) electrons. The van der Waals surface area contributed by atoms with E-state index < -0.39 is 0 Å². The predicted molar refractivity (Wildman–Crippen MR) is 122 cm³/mol. The molecule has 1 unspecified atom stereocenters. The molecule has 0 saturated carbocycles. The molecule has 148 valence electrons. The van der Waals surface area contributed by atoms with E-state index >= 15 is 0 Å². The summed E-state index contributed by atoms with van der Waals surface area (Å²) in [7, 11) is 0.151. The van der Waals surface area contributed by atoms with Crippen LogP contribution in [-0.4, -0.2) is 5.52 Å². The van der Waals surface area contributed by atoms with E-state index in [-0.39, 0.29) is 50.6 Å². The zero-order valence-corrected chi connectivity index (χ0v) is 20.4. The summed E-state index contributed by atoms with van der Waals surface area (Å²) in [5, 5.41) is 1.10. The first-order valence-electron chi connectivity index (χ1n) is 9.77. The second-order valence-corrected chi connectivity index (χ2v) is 11.8. The van der Waals surface area contributed by atoms with Crippen LogP contribution in [0.25, 0.3) is 0 Å². The van der Waals surface area contributed by atoms with Crippen LogP contribution < -0.4 is 24.2 Å². The summed E-state index contributed by atoms with van der Waals surface area (Å²) in [5.74, 6) is 0. The minimum atomic E-state index is -0.0899. The first kappa shape index (κ1) is 25.2. The zero-order valence-electron chi connectivity index (χ0n) is 20.4. The van der Waals surface area contributed by atoms with Crippen LogP contribution in [0.4, 0.5) is 0 Å². The predicted octanol–water partition coefficient (Wildman–Crippen LogP) is 3.84. The van der Waals surface area contributed by atoms with Crippen LogP contribution in [0.2, 0.25) is 0 Å². The SMILES string of the molecule is CC(C)(C)c1cc(C(C)(C)C)c(C(=O)Pc2ccccc2)c(C(C)(C)C)c1.[H-].[Li+]. The van der Waals surface area contributed by atoms with Crippen LogP contribution in [0.5, 0.6) is 0 Å². The Balaban J connectivity index is 0.00000392. The second-order valence-electron chi connectivity index (χ2n) is 10.5. The van der Waals surface area contributed by atoms with E-state index in [0.29, 0.717) is 0 Å². The van der Waals surface area contributed by atoms with Gasteiger partial charge in [0.15, 0.2) is 5.52 Å². The first-order valence-corrected chi connectivity index (χ1v) is 10.8. The molecule has 0 spiro atoms. The number of rotatable bonds is 3. The second kappa shape index (κ2) is 8.88. The summed E-state index contributed by atoms with van der Waals surface area (Å²) < 4.78 is 0. The van der Waals surface area contributed by atoms with Gasteiger partial charge in [-0.1, -0.05) is 105 Å². The normalized spacial score (nSPS) is 12.9. The quantitative estimate of drug-likeness (QED) is 0.575. The molecule has 2 rings (SSSR count). The van der Waals surface area contributed by atoms with Gasteiger partial charge in [-0.25, -0.2) is 0 Å². The zero-order chi connectivity index (χ0) is 20.6. The summed E-state index contributed by atoms with van der Waals surface area (Å²) in [6.45, 7) is 20.0. The Morgan fingerprint density at radius 1 is 0.750 bits per heavy atom. The van der Waals surface area contributed by atoms with Crippen LogP contribution >= 0.6 is 8.58 Å². The van der Waals surface area contributed by atoms with Crippen molar-refractivity contribution >= 4 is 19.4 Å². The Morgan fingerprint density at radius 3 is 1.54 bits per heavy atom. The van der Waals surface area contributed by atoms with E-state index in [2.05, 4.69) is 74.4 Å². The summed E-state index contributed by atoms with van der Waals surface area (Å²) in [6, 6.07) is 14.7. The van der Waals surface area contributed by atoms with Crippen LogP contribution in [0, 0.1) is 0 Å². The van der Waals surface area contributed by atoms with Gasteiger partial charge in [-0.3, -0.25) is 4.79 Å². The van der Waals surface area contributed by atoms with Crippen molar-refractivity contribution in [2.75, 3.05) is 0 Å². The van der Waals surface area contributed by atoms with Crippen LogP contribution in [0.15, 0.2) is 42.5 Å². The third-order valence-electron chi connectivity index (χ3n) is 4.88. The molecule has 0 N–H and O–H groups in total. The van der Waals surface area contributed by atoms with Gasteiger partial charge >= 0.3 is 18.9 Å². The van der Waals surface area contributed by atoms with Gasteiger partial charge in [0.2, 0.25) is 0 Å². The molecule has 1 nitrogen and oxygen atoms in total. The molecule has 0 fully saturated rings. The first-order chi connectivity index (χ1) is 12.2. The van der Waals surface area contributed by atoms with Gasteiger partial charge in [-0.05, 0) is 46.8 Å². The minimum absolute atomic E-state index is 0. The molecule has 0 bridgehead atoms. The van der Waals surface area contributed by atoms with Gasteiger partial charge in [-0.15, -0.1) is 0 Å². The van der Waals surface area contributed by atoms with Crippen LogP contribution in [0.1, 0.15) is 90.8 Å². The molecule has 0 amide bonds. The average molecular weight is 390 g/mol. The topological polar surface area (TPSA) is 17.1 Å². The fraction of sp³-hybridized carbons (Fsp3) is 0.480. The fourth-order valence-corrected chi connectivity index (χ4v) is 4.23. The van der Waals surface area contributed by atoms with Crippen molar-refractivity contribution in [2.45, 2.75) is 78.6 Å². The van der Waals surface area contributed by atoms with E-state index in [9.17, 15) is 4.79 Å². The Labute approximate surface area is 187 Å². The van der Waals surface area contributed by atoms with Crippen molar-refractivity contribution in [3.63, 3.8) is 0 Å². The van der Waals surface area contributed by atoms with E-state index in [1.807, 2.05) is 30.3 Å². The molecule has 2 aromatic rings. The molecule has 0 heterocycles. The van der Waals surface area contributed by atoms with Crippen molar-refractivity contribution in [2.24, 2.45) is 0 Å². The molecule has 0 saturated heterocycles. The fourth-order valence-electron chi connectivity index (χ4n) is 3.22. The maximum absolute atomic E-state index is 13.5. The third kappa shape index (κ3) is 6.07. The molecule has 0 aliphatic carbocycles.